The van der Waals surface area contributed by atoms with Crippen LogP contribution in [-0.2, 0) is 0 Å². The summed E-state index contributed by atoms with van der Waals surface area (Å²) in [5.41, 5.74) is 1.28. The molecular formula is C11H6BrN3O2S. The van der Waals surface area contributed by atoms with Gasteiger partial charge in [-0.05, 0) is 34.1 Å². The molecular weight excluding hydrogens is 318 g/mol. The molecule has 0 aliphatic rings. The fourth-order valence-corrected chi connectivity index (χ4v) is 3.08. The zero-order chi connectivity index (χ0) is 12.7. The summed E-state index contributed by atoms with van der Waals surface area (Å²) in [6, 6.07) is 5.70. The highest BCUT2D eigenvalue weighted by atomic mass is 79.9. The molecule has 0 aromatic carbocycles. The van der Waals surface area contributed by atoms with Crippen LogP contribution in [0.15, 0.2) is 34.4 Å². The normalized spacial score (nSPS) is 10.9. The maximum Gasteiger partial charge on any atom is 0.341 e. The molecule has 0 radical (unpaired) electrons. The lowest BCUT2D eigenvalue weighted by Gasteiger charge is -2.01. The molecule has 5 nitrogen and oxygen atoms in total. The van der Waals surface area contributed by atoms with Crippen LogP contribution in [-0.4, -0.2) is 25.7 Å². The molecule has 7 heteroatoms. The summed E-state index contributed by atoms with van der Waals surface area (Å²) in [6.45, 7) is 0. The van der Waals surface area contributed by atoms with Crippen LogP contribution in [0.3, 0.4) is 0 Å². The number of thiophene rings is 1. The Hall–Kier alpha value is -1.73. The highest BCUT2D eigenvalue weighted by Gasteiger charge is 2.15. The van der Waals surface area contributed by atoms with E-state index in [1.807, 2.05) is 18.2 Å². The van der Waals surface area contributed by atoms with Gasteiger partial charge in [0, 0.05) is 6.20 Å². The maximum atomic E-state index is 11.0. The number of rotatable bonds is 2. The zero-order valence-electron chi connectivity index (χ0n) is 8.87. The van der Waals surface area contributed by atoms with Gasteiger partial charge in [0.15, 0.2) is 5.65 Å². The van der Waals surface area contributed by atoms with Crippen molar-refractivity contribution in [3.63, 3.8) is 0 Å². The molecule has 0 unspecified atom stereocenters. The Kier molecular flexibility index (Phi) is 2.64. The van der Waals surface area contributed by atoms with E-state index in [0.717, 1.165) is 14.4 Å². The van der Waals surface area contributed by atoms with Crippen LogP contribution in [0, 0.1) is 0 Å². The molecule has 3 rings (SSSR count). The summed E-state index contributed by atoms with van der Waals surface area (Å²) in [4.78, 5) is 16.1. The van der Waals surface area contributed by atoms with Crippen LogP contribution in [0.1, 0.15) is 10.4 Å². The third kappa shape index (κ3) is 1.72. The second-order valence-corrected chi connectivity index (χ2v) is 6.00. The first kappa shape index (κ1) is 11.4. The van der Waals surface area contributed by atoms with Gasteiger partial charge >= 0.3 is 5.97 Å². The summed E-state index contributed by atoms with van der Waals surface area (Å²) < 4.78 is 2.55. The van der Waals surface area contributed by atoms with Crippen LogP contribution < -0.4 is 0 Å². The highest BCUT2D eigenvalue weighted by molar-refractivity contribution is 9.11. The van der Waals surface area contributed by atoms with E-state index in [-0.39, 0.29) is 5.56 Å². The lowest BCUT2D eigenvalue weighted by atomic mass is 10.3. The minimum Gasteiger partial charge on any atom is -0.477 e. The molecule has 0 aliphatic carbocycles. The lowest BCUT2D eigenvalue weighted by Crippen LogP contribution is -1.98. The van der Waals surface area contributed by atoms with E-state index in [0.29, 0.717) is 5.65 Å². The van der Waals surface area contributed by atoms with Crippen molar-refractivity contribution in [2.24, 2.45) is 0 Å². The Morgan fingerprint density at radius 1 is 1.39 bits per heavy atom. The predicted molar refractivity (Wildman–Crippen MR) is 71.0 cm³/mol. The molecule has 0 aliphatic heterocycles. The first-order valence-electron chi connectivity index (χ1n) is 4.98. The van der Waals surface area contributed by atoms with Gasteiger partial charge in [-0.15, -0.1) is 11.3 Å². The van der Waals surface area contributed by atoms with E-state index < -0.39 is 5.97 Å². The smallest absolute Gasteiger partial charge is 0.341 e. The van der Waals surface area contributed by atoms with Crippen molar-refractivity contribution in [1.82, 2.24) is 14.6 Å². The first-order chi connectivity index (χ1) is 8.66. The molecule has 3 aromatic heterocycles. The van der Waals surface area contributed by atoms with Crippen LogP contribution in [0.5, 0.6) is 0 Å². The summed E-state index contributed by atoms with van der Waals surface area (Å²) in [6.07, 6.45) is 2.91. The number of fused-ring (bicyclic) bond motifs is 1. The van der Waals surface area contributed by atoms with Gasteiger partial charge in [0.25, 0.3) is 0 Å². The van der Waals surface area contributed by atoms with Gasteiger partial charge in [-0.25, -0.2) is 14.3 Å². The van der Waals surface area contributed by atoms with Gasteiger partial charge < -0.3 is 5.11 Å². The fraction of sp³-hybridized carbons (Fsp3) is 0. The number of aromatic nitrogens is 3. The molecule has 3 aromatic rings. The Bertz CT molecular complexity index is 750. The monoisotopic (exact) mass is 323 g/mol. The van der Waals surface area contributed by atoms with E-state index in [1.54, 1.807) is 22.0 Å². The van der Waals surface area contributed by atoms with E-state index in [9.17, 15) is 4.79 Å². The fourth-order valence-electron chi connectivity index (χ4n) is 1.68. The Labute approximate surface area is 114 Å². The Balaban J connectivity index is 2.28. The summed E-state index contributed by atoms with van der Waals surface area (Å²) in [5, 5.41) is 13.1. The predicted octanol–water partition coefficient (Wildman–Crippen LogP) is 2.92. The van der Waals surface area contributed by atoms with E-state index in [4.69, 9.17) is 5.11 Å². The minimum atomic E-state index is -1.03. The number of carboxylic acids is 1. The molecule has 0 bridgehead atoms. The molecule has 0 fully saturated rings. The zero-order valence-corrected chi connectivity index (χ0v) is 11.3. The van der Waals surface area contributed by atoms with Gasteiger partial charge in [0.1, 0.15) is 5.56 Å². The van der Waals surface area contributed by atoms with Crippen LogP contribution in [0.4, 0.5) is 0 Å². The van der Waals surface area contributed by atoms with Crippen molar-refractivity contribution in [2.75, 3.05) is 0 Å². The summed E-state index contributed by atoms with van der Waals surface area (Å²) >= 11 is 4.95. The Morgan fingerprint density at radius 3 is 2.89 bits per heavy atom. The molecule has 0 atom stereocenters. The van der Waals surface area contributed by atoms with Gasteiger partial charge in [-0.3, -0.25) is 0 Å². The largest absolute Gasteiger partial charge is 0.477 e. The molecule has 0 amide bonds. The Morgan fingerprint density at radius 2 is 2.22 bits per heavy atom. The molecule has 1 N–H and O–H groups in total. The van der Waals surface area contributed by atoms with Crippen LogP contribution >= 0.6 is 27.3 Å². The lowest BCUT2D eigenvalue weighted by molar-refractivity contribution is 0.0699. The minimum absolute atomic E-state index is 0.104. The topological polar surface area (TPSA) is 67.5 Å². The van der Waals surface area contributed by atoms with E-state index in [2.05, 4.69) is 26.0 Å². The number of hydrogen-bond donors (Lipinski definition) is 1. The quantitative estimate of drug-likeness (QED) is 0.787. The number of nitrogens with zero attached hydrogens (tertiary/aromatic N) is 3. The number of carbonyl (C=O) groups is 1. The summed E-state index contributed by atoms with van der Waals surface area (Å²) in [5.74, 6) is -1.03. The van der Waals surface area contributed by atoms with Crippen LogP contribution in [0.25, 0.3) is 16.2 Å². The molecule has 0 spiro atoms. The first-order valence-corrected chi connectivity index (χ1v) is 6.59. The standard InChI is InChI=1S/C11H6BrN3O2S/c12-9-2-1-8(18-9)7-3-4-13-10-6(11(16)17)5-14-15(7)10/h1-5H,(H,16,17). The average molecular weight is 324 g/mol. The van der Waals surface area contributed by atoms with Crippen molar-refractivity contribution in [1.29, 1.82) is 0 Å². The van der Waals surface area contributed by atoms with E-state index >= 15 is 0 Å². The average Bonchev–Trinajstić information content (AvgIpc) is 2.94. The molecule has 0 saturated heterocycles. The SMILES string of the molecule is O=C(O)c1cnn2c(-c3ccc(Br)s3)ccnc12. The van der Waals surface area contributed by atoms with Gasteiger partial charge in [-0.1, -0.05) is 0 Å². The maximum absolute atomic E-state index is 11.0. The molecule has 18 heavy (non-hydrogen) atoms. The highest BCUT2D eigenvalue weighted by Crippen LogP contribution is 2.31. The molecule has 3 heterocycles. The number of aromatic carboxylic acids is 1. The third-order valence-corrected chi connectivity index (χ3v) is 4.10. The van der Waals surface area contributed by atoms with Gasteiger partial charge in [-0.2, -0.15) is 5.10 Å². The number of carboxylic acid groups (broad SMARTS) is 1. The van der Waals surface area contributed by atoms with Crippen molar-refractivity contribution < 1.29 is 9.90 Å². The second-order valence-electron chi connectivity index (χ2n) is 3.53. The van der Waals surface area contributed by atoms with Gasteiger partial charge in [0.2, 0.25) is 0 Å². The van der Waals surface area contributed by atoms with Crippen molar-refractivity contribution in [3.05, 3.63) is 39.9 Å². The summed E-state index contributed by atoms with van der Waals surface area (Å²) in [7, 11) is 0. The number of hydrogen-bond acceptors (Lipinski definition) is 4. The van der Waals surface area contributed by atoms with Crippen LogP contribution in [0.2, 0.25) is 0 Å². The third-order valence-electron chi connectivity index (χ3n) is 2.46. The van der Waals surface area contributed by atoms with Crippen molar-refractivity contribution >= 4 is 38.9 Å². The second kappa shape index (κ2) is 4.18. The number of halogens is 1. The van der Waals surface area contributed by atoms with E-state index in [1.165, 1.54) is 6.20 Å². The molecule has 0 saturated carbocycles. The van der Waals surface area contributed by atoms with Crippen molar-refractivity contribution in [3.8, 4) is 10.6 Å². The molecule has 90 valence electrons. The van der Waals surface area contributed by atoms with Crippen molar-refractivity contribution in [2.45, 2.75) is 0 Å². The van der Waals surface area contributed by atoms with Gasteiger partial charge in [0.05, 0.1) is 20.6 Å².